The van der Waals surface area contributed by atoms with Crippen LogP contribution in [0.5, 0.6) is 0 Å². The maximum absolute atomic E-state index is 11.2. The molecule has 0 atom stereocenters. The number of carbonyl (C=O) groups is 1. The topological polar surface area (TPSA) is 96.0 Å². The van der Waals surface area contributed by atoms with Gasteiger partial charge in [-0.15, -0.1) is 0 Å². The first kappa shape index (κ1) is 14.3. The quantitative estimate of drug-likeness (QED) is 0.610. The number of nitrogens with two attached hydrogens (primary N) is 1. The smallest absolute Gasteiger partial charge is 0.337 e. The number of ether oxygens (including phenoxy) is 1. The molecule has 4 N–H and O–H groups in total. The first-order valence-corrected chi connectivity index (χ1v) is 5.58. The summed E-state index contributed by atoms with van der Waals surface area (Å²) in [4.78, 5) is 12.9. The van der Waals surface area contributed by atoms with Gasteiger partial charge in [0.05, 0.1) is 30.2 Å². The summed E-state index contributed by atoms with van der Waals surface area (Å²) in [5.41, 5.74) is 6.76. The molecule has 0 fully saturated rings. The predicted octanol–water partition coefficient (Wildman–Crippen LogP) is 0.412. The Morgan fingerprint density at radius 1 is 1.44 bits per heavy atom. The average Bonchev–Trinajstić information content (AvgIpc) is 2.34. The van der Waals surface area contributed by atoms with Gasteiger partial charge in [0.1, 0.15) is 0 Å². The average molecular weight is 254 g/mol. The third-order valence-electron chi connectivity index (χ3n) is 2.55. The van der Waals surface area contributed by atoms with Crippen molar-refractivity contribution in [3.05, 3.63) is 23.8 Å². The molecule has 1 aromatic carbocycles. The summed E-state index contributed by atoms with van der Waals surface area (Å²) < 4.78 is 4.97. The van der Waals surface area contributed by atoms with E-state index < -0.39 is 5.97 Å². The van der Waals surface area contributed by atoms with Crippen molar-refractivity contribution in [2.75, 3.05) is 44.0 Å². The maximum Gasteiger partial charge on any atom is 0.337 e. The van der Waals surface area contributed by atoms with E-state index in [4.69, 9.17) is 20.7 Å². The van der Waals surface area contributed by atoms with E-state index in [2.05, 4.69) is 0 Å². The lowest BCUT2D eigenvalue weighted by Crippen LogP contribution is -2.32. The van der Waals surface area contributed by atoms with Gasteiger partial charge < -0.3 is 25.6 Å². The van der Waals surface area contributed by atoms with Crippen molar-refractivity contribution in [1.29, 1.82) is 0 Å². The van der Waals surface area contributed by atoms with Gasteiger partial charge in [-0.3, -0.25) is 0 Å². The molecular weight excluding hydrogens is 236 g/mol. The monoisotopic (exact) mass is 254 g/mol. The van der Waals surface area contributed by atoms with Gasteiger partial charge in [-0.1, -0.05) is 6.07 Å². The van der Waals surface area contributed by atoms with Gasteiger partial charge in [-0.2, -0.15) is 0 Å². The Bertz CT molecular complexity index is 409. The maximum atomic E-state index is 11.2. The minimum atomic E-state index is -1.04. The Labute approximate surface area is 106 Å². The molecule has 0 heterocycles. The van der Waals surface area contributed by atoms with Gasteiger partial charge >= 0.3 is 5.97 Å². The van der Waals surface area contributed by atoms with Gasteiger partial charge in [0, 0.05) is 20.2 Å². The second-order valence-electron chi connectivity index (χ2n) is 3.75. The van der Waals surface area contributed by atoms with Crippen LogP contribution in [0.25, 0.3) is 0 Å². The van der Waals surface area contributed by atoms with E-state index in [1.165, 1.54) is 6.07 Å². The lowest BCUT2D eigenvalue weighted by Gasteiger charge is -2.26. The summed E-state index contributed by atoms with van der Waals surface area (Å²) in [6.45, 7) is 1.11. The number of carboxylic acids is 1. The Balaban J connectivity index is 3.12. The minimum absolute atomic E-state index is 0.0862. The highest BCUT2D eigenvalue weighted by molar-refractivity contribution is 5.98. The summed E-state index contributed by atoms with van der Waals surface area (Å²) in [6, 6.07) is 4.72. The standard InChI is InChI=1S/C12H18N2O4/c1-18-8-6-14(5-7-15)11-9(12(16)17)3-2-4-10(11)13/h2-4,15H,5-8,13H2,1H3,(H,16,17). The first-order valence-electron chi connectivity index (χ1n) is 5.58. The molecule has 100 valence electrons. The number of nitrogens with zero attached hydrogens (tertiary/aromatic N) is 1. The molecule has 0 unspecified atom stereocenters. The number of carboxylic acid groups (broad SMARTS) is 1. The molecule has 18 heavy (non-hydrogen) atoms. The normalized spacial score (nSPS) is 10.3. The van der Waals surface area contributed by atoms with Crippen LogP contribution in [0.2, 0.25) is 0 Å². The van der Waals surface area contributed by atoms with Gasteiger partial charge in [-0.25, -0.2) is 4.79 Å². The fourth-order valence-electron chi connectivity index (χ4n) is 1.74. The van der Waals surface area contributed by atoms with Crippen molar-refractivity contribution >= 4 is 17.3 Å². The fourth-order valence-corrected chi connectivity index (χ4v) is 1.74. The van der Waals surface area contributed by atoms with Crippen LogP contribution in [0.15, 0.2) is 18.2 Å². The Morgan fingerprint density at radius 3 is 2.72 bits per heavy atom. The van der Waals surface area contributed by atoms with Crippen LogP contribution < -0.4 is 10.6 Å². The number of hydrogen-bond donors (Lipinski definition) is 3. The molecule has 6 nitrogen and oxygen atoms in total. The third kappa shape index (κ3) is 3.35. The number of hydrogen-bond acceptors (Lipinski definition) is 5. The Morgan fingerprint density at radius 2 is 2.17 bits per heavy atom. The number of aliphatic hydroxyl groups excluding tert-OH is 1. The van der Waals surface area contributed by atoms with Gasteiger partial charge in [0.25, 0.3) is 0 Å². The van der Waals surface area contributed by atoms with Crippen molar-refractivity contribution in [2.45, 2.75) is 0 Å². The second kappa shape index (κ2) is 6.83. The number of aliphatic hydroxyl groups is 1. The predicted molar refractivity (Wildman–Crippen MR) is 69.0 cm³/mol. The zero-order valence-electron chi connectivity index (χ0n) is 10.3. The van der Waals surface area contributed by atoms with Crippen LogP contribution in [0.4, 0.5) is 11.4 Å². The van der Waals surface area contributed by atoms with Crippen LogP contribution in [-0.4, -0.2) is 49.6 Å². The lowest BCUT2D eigenvalue weighted by molar-refractivity contribution is 0.0697. The highest BCUT2D eigenvalue weighted by atomic mass is 16.5. The summed E-state index contributed by atoms with van der Waals surface area (Å²) in [6.07, 6.45) is 0. The van der Waals surface area contributed by atoms with Crippen molar-refractivity contribution < 1.29 is 19.7 Å². The molecule has 0 saturated carbocycles. The van der Waals surface area contributed by atoms with Gasteiger partial charge in [0.2, 0.25) is 0 Å². The molecule has 6 heteroatoms. The molecule has 0 aromatic heterocycles. The summed E-state index contributed by atoms with van der Waals surface area (Å²) in [5.74, 6) is -1.04. The largest absolute Gasteiger partial charge is 0.478 e. The fraction of sp³-hybridized carbons (Fsp3) is 0.417. The molecular formula is C12H18N2O4. The van der Waals surface area contributed by atoms with E-state index in [0.29, 0.717) is 31.1 Å². The molecule has 0 aliphatic heterocycles. The number of para-hydroxylation sites is 1. The van der Waals surface area contributed by atoms with Crippen molar-refractivity contribution in [3.63, 3.8) is 0 Å². The summed E-state index contributed by atoms with van der Waals surface area (Å²) in [5, 5.41) is 18.2. The van der Waals surface area contributed by atoms with Crippen LogP contribution in [0.3, 0.4) is 0 Å². The van der Waals surface area contributed by atoms with Crippen LogP contribution in [0, 0.1) is 0 Å². The van der Waals surface area contributed by atoms with Crippen LogP contribution in [-0.2, 0) is 4.74 Å². The van der Waals surface area contributed by atoms with Crippen molar-refractivity contribution in [2.24, 2.45) is 0 Å². The highest BCUT2D eigenvalue weighted by Crippen LogP contribution is 2.27. The zero-order chi connectivity index (χ0) is 13.5. The van der Waals surface area contributed by atoms with E-state index in [9.17, 15) is 4.79 Å². The summed E-state index contributed by atoms with van der Waals surface area (Å²) >= 11 is 0. The number of methoxy groups -OCH3 is 1. The lowest BCUT2D eigenvalue weighted by atomic mass is 10.1. The molecule has 0 saturated heterocycles. The van der Waals surface area contributed by atoms with E-state index in [1.807, 2.05) is 0 Å². The van der Waals surface area contributed by atoms with E-state index in [0.717, 1.165) is 0 Å². The van der Waals surface area contributed by atoms with Crippen LogP contribution in [0.1, 0.15) is 10.4 Å². The van der Waals surface area contributed by atoms with Gasteiger partial charge in [-0.05, 0) is 12.1 Å². The molecule has 0 bridgehead atoms. The zero-order valence-corrected chi connectivity index (χ0v) is 10.3. The SMILES string of the molecule is COCCN(CCO)c1c(N)cccc1C(=O)O. The number of nitrogen functional groups attached to an aromatic ring is 1. The van der Waals surface area contributed by atoms with Crippen molar-refractivity contribution in [3.8, 4) is 0 Å². The molecule has 0 radical (unpaired) electrons. The van der Waals surface area contributed by atoms with E-state index >= 15 is 0 Å². The highest BCUT2D eigenvalue weighted by Gasteiger charge is 2.18. The number of aromatic carboxylic acids is 1. The Hall–Kier alpha value is -1.79. The van der Waals surface area contributed by atoms with E-state index in [1.54, 1.807) is 24.1 Å². The third-order valence-corrected chi connectivity index (χ3v) is 2.55. The second-order valence-corrected chi connectivity index (χ2v) is 3.75. The minimum Gasteiger partial charge on any atom is -0.478 e. The van der Waals surface area contributed by atoms with Gasteiger partial charge in [0.15, 0.2) is 0 Å². The van der Waals surface area contributed by atoms with Crippen molar-refractivity contribution in [1.82, 2.24) is 0 Å². The molecule has 1 aromatic rings. The number of rotatable bonds is 7. The molecule has 0 aliphatic rings. The molecule has 0 spiro atoms. The van der Waals surface area contributed by atoms with Crippen LogP contribution >= 0.6 is 0 Å². The number of benzene rings is 1. The molecule has 0 amide bonds. The Kier molecular flexibility index (Phi) is 5.41. The summed E-state index contributed by atoms with van der Waals surface area (Å²) in [7, 11) is 1.56. The first-order chi connectivity index (χ1) is 8.61. The van der Waals surface area contributed by atoms with E-state index in [-0.39, 0.29) is 12.2 Å². The molecule has 0 aliphatic carbocycles. The number of anilines is 2. The molecule has 1 rings (SSSR count).